The van der Waals surface area contributed by atoms with E-state index in [9.17, 15) is 4.79 Å². The van der Waals surface area contributed by atoms with Gasteiger partial charge in [-0.3, -0.25) is 4.79 Å². The summed E-state index contributed by atoms with van der Waals surface area (Å²) in [4.78, 5) is 14.4. The van der Waals surface area contributed by atoms with E-state index < -0.39 is 0 Å². The summed E-state index contributed by atoms with van der Waals surface area (Å²) in [6.45, 7) is 0. The van der Waals surface area contributed by atoms with Gasteiger partial charge in [0.15, 0.2) is 0 Å². The molecule has 22 heavy (non-hydrogen) atoms. The second-order valence-electron chi connectivity index (χ2n) is 5.42. The van der Waals surface area contributed by atoms with Gasteiger partial charge in [0.2, 0.25) is 0 Å². The molecule has 0 heterocycles. The highest BCUT2D eigenvalue weighted by Gasteiger charge is 2.08. The molecule has 1 amide bonds. The fraction of sp³-hybridized carbons (Fsp3) is 0.105. The van der Waals surface area contributed by atoms with Crippen LogP contribution >= 0.6 is 0 Å². The molecule has 0 spiro atoms. The lowest BCUT2D eigenvalue weighted by Crippen LogP contribution is -2.13. The van der Waals surface area contributed by atoms with Crippen molar-refractivity contribution in [2.45, 2.75) is 0 Å². The third-order valence-electron chi connectivity index (χ3n) is 3.68. The van der Waals surface area contributed by atoms with Crippen LogP contribution in [0.25, 0.3) is 10.8 Å². The van der Waals surface area contributed by atoms with E-state index in [0.717, 1.165) is 22.1 Å². The lowest BCUT2D eigenvalue weighted by Gasteiger charge is -2.13. The zero-order chi connectivity index (χ0) is 15.5. The van der Waals surface area contributed by atoms with Gasteiger partial charge in [0.25, 0.3) is 5.91 Å². The first-order valence-corrected chi connectivity index (χ1v) is 7.21. The minimum atomic E-state index is -0.0957. The number of benzene rings is 3. The van der Waals surface area contributed by atoms with Crippen LogP contribution < -0.4 is 10.2 Å². The van der Waals surface area contributed by atoms with Crippen molar-refractivity contribution in [2.24, 2.45) is 0 Å². The molecule has 0 atom stereocenters. The van der Waals surface area contributed by atoms with Gasteiger partial charge in [0, 0.05) is 36.4 Å². The van der Waals surface area contributed by atoms with Crippen molar-refractivity contribution in [3.8, 4) is 0 Å². The molecule has 0 unspecified atom stereocenters. The van der Waals surface area contributed by atoms with Crippen LogP contribution in [0.3, 0.4) is 0 Å². The van der Waals surface area contributed by atoms with E-state index in [1.54, 1.807) is 0 Å². The molecule has 3 rings (SSSR count). The van der Waals surface area contributed by atoms with E-state index in [4.69, 9.17) is 0 Å². The van der Waals surface area contributed by atoms with Crippen LogP contribution in [0.4, 0.5) is 11.4 Å². The predicted octanol–water partition coefficient (Wildman–Crippen LogP) is 4.16. The number of hydrogen-bond acceptors (Lipinski definition) is 2. The minimum Gasteiger partial charge on any atom is -0.378 e. The predicted molar refractivity (Wildman–Crippen MR) is 92.7 cm³/mol. The van der Waals surface area contributed by atoms with E-state index in [1.807, 2.05) is 85.7 Å². The Kier molecular flexibility index (Phi) is 3.79. The molecule has 0 radical (unpaired) electrons. The smallest absolute Gasteiger partial charge is 0.255 e. The fourth-order valence-electron chi connectivity index (χ4n) is 2.44. The van der Waals surface area contributed by atoms with Gasteiger partial charge in [-0.2, -0.15) is 0 Å². The molecule has 3 aromatic rings. The van der Waals surface area contributed by atoms with Gasteiger partial charge >= 0.3 is 0 Å². The summed E-state index contributed by atoms with van der Waals surface area (Å²) in [6, 6.07) is 21.5. The summed E-state index contributed by atoms with van der Waals surface area (Å²) in [5.41, 5.74) is 2.56. The van der Waals surface area contributed by atoms with Crippen LogP contribution in [0.2, 0.25) is 0 Å². The van der Waals surface area contributed by atoms with Gasteiger partial charge in [-0.1, -0.05) is 36.4 Å². The molecule has 0 aliphatic carbocycles. The van der Waals surface area contributed by atoms with Gasteiger partial charge in [-0.05, 0) is 35.7 Å². The number of amides is 1. The third-order valence-corrected chi connectivity index (χ3v) is 3.68. The van der Waals surface area contributed by atoms with Crippen LogP contribution in [0, 0.1) is 0 Å². The number of fused-ring (bicyclic) bond motifs is 1. The minimum absolute atomic E-state index is 0.0957. The Morgan fingerprint density at radius 3 is 2.27 bits per heavy atom. The highest BCUT2D eigenvalue weighted by atomic mass is 16.1. The third kappa shape index (κ3) is 2.79. The van der Waals surface area contributed by atoms with E-state index >= 15 is 0 Å². The maximum Gasteiger partial charge on any atom is 0.255 e. The van der Waals surface area contributed by atoms with E-state index in [0.29, 0.717) is 5.56 Å². The standard InChI is InChI=1S/C19H18N2O/c1-21(2)16-12-10-15(11-13-16)19(22)20-18-9-5-7-14-6-3-4-8-17(14)18/h3-13H,1-2H3,(H,20,22). The van der Waals surface area contributed by atoms with Crippen molar-refractivity contribution in [1.29, 1.82) is 0 Å². The lowest BCUT2D eigenvalue weighted by atomic mass is 10.1. The van der Waals surface area contributed by atoms with Crippen LogP contribution in [0.15, 0.2) is 66.7 Å². The Bertz CT molecular complexity index is 802. The zero-order valence-corrected chi connectivity index (χ0v) is 12.7. The number of carbonyl (C=O) groups is 1. The molecular weight excluding hydrogens is 272 g/mol. The number of carbonyl (C=O) groups excluding carboxylic acids is 1. The number of anilines is 2. The molecule has 0 bridgehead atoms. The molecular formula is C19H18N2O. The summed E-state index contributed by atoms with van der Waals surface area (Å²) in [5, 5.41) is 5.16. The molecule has 3 nitrogen and oxygen atoms in total. The van der Waals surface area contributed by atoms with E-state index in [-0.39, 0.29) is 5.91 Å². The summed E-state index contributed by atoms with van der Waals surface area (Å²) < 4.78 is 0. The quantitative estimate of drug-likeness (QED) is 0.785. The van der Waals surface area contributed by atoms with Gasteiger partial charge in [0.05, 0.1) is 0 Å². The average molecular weight is 290 g/mol. The highest BCUT2D eigenvalue weighted by Crippen LogP contribution is 2.23. The topological polar surface area (TPSA) is 32.3 Å². The van der Waals surface area contributed by atoms with E-state index in [2.05, 4.69) is 5.32 Å². The first-order valence-electron chi connectivity index (χ1n) is 7.21. The Hall–Kier alpha value is -2.81. The van der Waals surface area contributed by atoms with Gasteiger partial charge in [-0.15, -0.1) is 0 Å². The van der Waals surface area contributed by atoms with Crippen LogP contribution in [-0.4, -0.2) is 20.0 Å². The maximum atomic E-state index is 12.4. The Balaban J connectivity index is 1.87. The van der Waals surface area contributed by atoms with Crippen LogP contribution in [0.1, 0.15) is 10.4 Å². The number of nitrogens with one attached hydrogen (secondary N) is 1. The number of rotatable bonds is 3. The summed E-state index contributed by atoms with van der Waals surface area (Å²) in [6.07, 6.45) is 0. The molecule has 0 saturated carbocycles. The van der Waals surface area contributed by atoms with Crippen molar-refractivity contribution < 1.29 is 4.79 Å². The highest BCUT2D eigenvalue weighted by molar-refractivity contribution is 6.09. The van der Waals surface area contributed by atoms with Crippen LogP contribution in [0.5, 0.6) is 0 Å². The zero-order valence-electron chi connectivity index (χ0n) is 12.7. The monoisotopic (exact) mass is 290 g/mol. The molecule has 0 aromatic heterocycles. The maximum absolute atomic E-state index is 12.4. The fourth-order valence-corrected chi connectivity index (χ4v) is 2.44. The average Bonchev–Trinajstić information content (AvgIpc) is 2.55. The molecule has 0 saturated heterocycles. The molecule has 3 heteroatoms. The first kappa shape index (κ1) is 14.1. The molecule has 110 valence electrons. The normalized spacial score (nSPS) is 10.5. The molecule has 1 N–H and O–H groups in total. The number of hydrogen-bond donors (Lipinski definition) is 1. The summed E-state index contributed by atoms with van der Waals surface area (Å²) in [5.74, 6) is -0.0957. The van der Waals surface area contributed by atoms with Crippen LogP contribution in [-0.2, 0) is 0 Å². The van der Waals surface area contributed by atoms with Crippen molar-refractivity contribution in [3.63, 3.8) is 0 Å². The molecule has 3 aromatic carbocycles. The van der Waals surface area contributed by atoms with Gasteiger partial charge in [-0.25, -0.2) is 0 Å². The Morgan fingerprint density at radius 1 is 0.864 bits per heavy atom. The Morgan fingerprint density at radius 2 is 1.55 bits per heavy atom. The van der Waals surface area contributed by atoms with Crippen molar-refractivity contribution >= 4 is 28.1 Å². The van der Waals surface area contributed by atoms with Gasteiger partial charge in [0.1, 0.15) is 0 Å². The van der Waals surface area contributed by atoms with Gasteiger partial charge < -0.3 is 10.2 Å². The second kappa shape index (κ2) is 5.90. The van der Waals surface area contributed by atoms with E-state index in [1.165, 1.54) is 0 Å². The Labute approximate surface area is 130 Å². The second-order valence-corrected chi connectivity index (χ2v) is 5.42. The molecule has 0 aliphatic rings. The lowest BCUT2D eigenvalue weighted by molar-refractivity contribution is 0.102. The first-order chi connectivity index (χ1) is 10.6. The summed E-state index contributed by atoms with van der Waals surface area (Å²) >= 11 is 0. The number of nitrogens with zero attached hydrogens (tertiary/aromatic N) is 1. The van der Waals surface area contributed by atoms with Crippen molar-refractivity contribution in [3.05, 3.63) is 72.3 Å². The van der Waals surface area contributed by atoms with Crippen molar-refractivity contribution in [2.75, 3.05) is 24.3 Å². The van der Waals surface area contributed by atoms with Crippen molar-refractivity contribution in [1.82, 2.24) is 0 Å². The summed E-state index contributed by atoms with van der Waals surface area (Å²) in [7, 11) is 3.95. The SMILES string of the molecule is CN(C)c1ccc(C(=O)Nc2cccc3ccccc23)cc1. The largest absolute Gasteiger partial charge is 0.378 e. The molecule has 0 fully saturated rings. The molecule has 0 aliphatic heterocycles.